The van der Waals surface area contributed by atoms with Crippen LogP contribution in [0.15, 0.2) is 24.3 Å². The van der Waals surface area contributed by atoms with Gasteiger partial charge in [0, 0.05) is 6.42 Å². The van der Waals surface area contributed by atoms with E-state index in [-0.39, 0.29) is 18.9 Å². The van der Waals surface area contributed by atoms with Crippen LogP contribution < -0.4 is 5.32 Å². The highest BCUT2D eigenvalue weighted by molar-refractivity contribution is 5.76. The Hall–Kier alpha value is -1.33. The maximum Gasteiger partial charge on any atom is 0.220 e. The molecule has 0 bridgehead atoms. The van der Waals surface area contributed by atoms with Gasteiger partial charge in [-0.05, 0) is 32.1 Å². The molecule has 6 N–H and O–H groups in total. The summed E-state index contributed by atoms with van der Waals surface area (Å²) in [5.74, 6) is -0.240. The van der Waals surface area contributed by atoms with E-state index in [1.54, 1.807) is 6.08 Å². The minimum absolute atomic E-state index is 0.205. The van der Waals surface area contributed by atoms with Gasteiger partial charge in [0.15, 0.2) is 6.29 Å². The predicted molar refractivity (Wildman–Crippen MR) is 221 cm³/mol. The van der Waals surface area contributed by atoms with E-state index in [0.717, 1.165) is 19.3 Å². The summed E-state index contributed by atoms with van der Waals surface area (Å²) >= 11 is 0. The second-order valence-corrected chi connectivity index (χ2v) is 15.8. The number of amides is 1. The van der Waals surface area contributed by atoms with E-state index in [4.69, 9.17) is 9.47 Å². The number of hydrogen-bond donors (Lipinski definition) is 6. The summed E-state index contributed by atoms with van der Waals surface area (Å²) in [5.41, 5.74) is 0. The normalized spacial score (nSPS) is 21.6. The van der Waals surface area contributed by atoms with Crippen LogP contribution in [0.2, 0.25) is 0 Å². The molecule has 0 aromatic heterocycles. The molecule has 1 fully saturated rings. The van der Waals surface area contributed by atoms with Crippen molar-refractivity contribution < 1.29 is 39.8 Å². The Labute approximate surface area is 330 Å². The Bertz CT molecular complexity index is 899. The van der Waals surface area contributed by atoms with Crippen LogP contribution in [0.5, 0.6) is 0 Å². The van der Waals surface area contributed by atoms with Crippen LogP contribution in [-0.2, 0) is 14.3 Å². The van der Waals surface area contributed by atoms with Gasteiger partial charge in [-0.15, -0.1) is 0 Å². The summed E-state index contributed by atoms with van der Waals surface area (Å²) in [6.45, 7) is 3.40. The van der Waals surface area contributed by atoms with E-state index in [1.807, 2.05) is 13.0 Å². The maximum atomic E-state index is 12.3. The van der Waals surface area contributed by atoms with Gasteiger partial charge in [0.2, 0.25) is 5.91 Å². The van der Waals surface area contributed by atoms with E-state index in [1.165, 1.54) is 154 Å². The standard InChI is InChI=1S/C45H85NO8/c1-3-5-6-7-8-9-10-11-12-13-14-15-16-17-18-19-20-21-22-23-24-25-26-27-28-29-30-31-32-33-35-39(48)38(46-41(49)34-4-2)37-53-45-44(52)43(51)42(50)40(36-47)54-45/h29-30,33,35,38-40,42-45,47-48,50-52H,3-28,31-32,34,36-37H2,1-2H3,(H,46,49)/b30-29+,35-33+. The summed E-state index contributed by atoms with van der Waals surface area (Å²) in [7, 11) is 0. The van der Waals surface area contributed by atoms with Crippen molar-refractivity contribution in [2.24, 2.45) is 0 Å². The molecule has 1 heterocycles. The highest BCUT2D eigenvalue weighted by Gasteiger charge is 2.44. The summed E-state index contributed by atoms with van der Waals surface area (Å²) in [6, 6.07) is -0.813. The molecule has 1 aliphatic heterocycles. The van der Waals surface area contributed by atoms with Gasteiger partial charge in [0.05, 0.1) is 25.4 Å². The SMILES string of the molecule is CCCCCCCCCCCCCCCCCCCCCCCCCC/C=C/CC/C=C/C(O)C(COC1OC(CO)C(O)C(O)C1O)NC(=O)CCC. The van der Waals surface area contributed by atoms with Gasteiger partial charge in [0.1, 0.15) is 24.4 Å². The summed E-state index contributed by atoms with van der Waals surface area (Å²) in [6.07, 6.45) is 37.2. The van der Waals surface area contributed by atoms with Gasteiger partial charge in [-0.1, -0.05) is 186 Å². The van der Waals surface area contributed by atoms with Gasteiger partial charge < -0.3 is 40.3 Å². The monoisotopic (exact) mass is 768 g/mol. The van der Waals surface area contributed by atoms with Gasteiger partial charge in [-0.2, -0.15) is 0 Å². The molecular formula is C45H85NO8. The third kappa shape index (κ3) is 26.5. The first-order chi connectivity index (χ1) is 26.3. The molecular weight excluding hydrogens is 682 g/mol. The van der Waals surface area contributed by atoms with Crippen molar-refractivity contribution in [1.29, 1.82) is 0 Å². The van der Waals surface area contributed by atoms with Crippen molar-refractivity contribution in [2.45, 2.75) is 243 Å². The van der Waals surface area contributed by atoms with Crippen molar-refractivity contribution in [3.05, 3.63) is 24.3 Å². The van der Waals surface area contributed by atoms with Gasteiger partial charge in [0.25, 0.3) is 0 Å². The van der Waals surface area contributed by atoms with Gasteiger partial charge in [-0.3, -0.25) is 4.79 Å². The third-order valence-corrected chi connectivity index (χ3v) is 10.7. The highest BCUT2D eigenvalue weighted by atomic mass is 16.7. The molecule has 9 nitrogen and oxygen atoms in total. The van der Waals surface area contributed by atoms with E-state index in [9.17, 15) is 30.3 Å². The summed E-state index contributed by atoms with van der Waals surface area (Å²) in [4.78, 5) is 12.3. The average Bonchev–Trinajstić information content (AvgIpc) is 3.17. The molecule has 0 aromatic carbocycles. The summed E-state index contributed by atoms with van der Waals surface area (Å²) in [5, 5.41) is 53.2. The first kappa shape index (κ1) is 50.7. The Kier molecular flexibility index (Phi) is 33.8. The Morgan fingerprint density at radius 1 is 0.611 bits per heavy atom. The molecule has 7 unspecified atom stereocenters. The molecule has 1 amide bonds. The number of aliphatic hydroxyl groups is 5. The van der Waals surface area contributed by atoms with Crippen LogP contribution in [0.3, 0.4) is 0 Å². The van der Waals surface area contributed by atoms with Crippen LogP contribution >= 0.6 is 0 Å². The molecule has 0 radical (unpaired) electrons. The maximum absolute atomic E-state index is 12.3. The zero-order valence-corrected chi connectivity index (χ0v) is 34.7. The fourth-order valence-corrected chi connectivity index (χ4v) is 7.16. The van der Waals surface area contributed by atoms with E-state index in [0.29, 0.717) is 6.42 Å². The fourth-order valence-electron chi connectivity index (χ4n) is 7.16. The van der Waals surface area contributed by atoms with E-state index >= 15 is 0 Å². The molecule has 0 aliphatic carbocycles. The largest absolute Gasteiger partial charge is 0.394 e. The number of rotatable bonds is 37. The Morgan fingerprint density at radius 3 is 1.52 bits per heavy atom. The number of unbranched alkanes of at least 4 members (excludes halogenated alkanes) is 25. The molecule has 7 atom stereocenters. The van der Waals surface area contributed by atoms with Crippen molar-refractivity contribution in [3.63, 3.8) is 0 Å². The molecule has 1 saturated heterocycles. The summed E-state index contributed by atoms with van der Waals surface area (Å²) < 4.78 is 11.0. The Balaban J connectivity index is 2.01. The minimum Gasteiger partial charge on any atom is -0.394 e. The first-order valence-electron chi connectivity index (χ1n) is 22.6. The van der Waals surface area contributed by atoms with Crippen LogP contribution in [0, 0.1) is 0 Å². The Morgan fingerprint density at radius 2 is 1.06 bits per heavy atom. The van der Waals surface area contributed by atoms with Crippen molar-refractivity contribution in [3.8, 4) is 0 Å². The molecule has 0 aromatic rings. The highest BCUT2D eigenvalue weighted by Crippen LogP contribution is 2.22. The second-order valence-electron chi connectivity index (χ2n) is 15.8. The molecule has 0 spiro atoms. The van der Waals surface area contributed by atoms with E-state index in [2.05, 4.69) is 24.4 Å². The fraction of sp³-hybridized carbons (Fsp3) is 0.889. The molecule has 0 saturated carbocycles. The molecule has 1 aliphatic rings. The predicted octanol–water partition coefficient (Wildman–Crippen LogP) is 9.11. The number of allylic oxidation sites excluding steroid dienone is 3. The van der Waals surface area contributed by atoms with Gasteiger partial charge >= 0.3 is 0 Å². The molecule has 9 heteroatoms. The lowest BCUT2D eigenvalue weighted by atomic mass is 9.99. The van der Waals surface area contributed by atoms with Crippen LogP contribution in [0.25, 0.3) is 0 Å². The second kappa shape index (κ2) is 36.0. The molecule has 1 rings (SSSR count). The lowest BCUT2D eigenvalue weighted by molar-refractivity contribution is -0.302. The number of nitrogens with one attached hydrogen (secondary N) is 1. The molecule has 54 heavy (non-hydrogen) atoms. The van der Waals surface area contributed by atoms with Crippen LogP contribution in [-0.4, -0.2) is 87.5 Å². The topological polar surface area (TPSA) is 149 Å². The lowest BCUT2D eigenvalue weighted by Crippen LogP contribution is -2.60. The number of ether oxygens (including phenoxy) is 2. The first-order valence-corrected chi connectivity index (χ1v) is 22.6. The number of aliphatic hydroxyl groups excluding tert-OH is 5. The van der Waals surface area contributed by atoms with Gasteiger partial charge in [-0.25, -0.2) is 0 Å². The zero-order chi connectivity index (χ0) is 39.5. The number of carbonyl (C=O) groups is 1. The lowest BCUT2D eigenvalue weighted by Gasteiger charge is -2.40. The van der Waals surface area contributed by atoms with Crippen molar-refractivity contribution in [1.82, 2.24) is 5.32 Å². The van der Waals surface area contributed by atoms with Crippen LogP contribution in [0.4, 0.5) is 0 Å². The number of carbonyl (C=O) groups excluding carboxylic acids is 1. The van der Waals surface area contributed by atoms with Crippen molar-refractivity contribution in [2.75, 3.05) is 13.2 Å². The smallest absolute Gasteiger partial charge is 0.220 e. The quantitative estimate of drug-likeness (QED) is 0.0271. The third-order valence-electron chi connectivity index (χ3n) is 10.7. The molecule has 318 valence electrons. The van der Waals surface area contributed by atoms with Crippen LogP contribution in [0.1, 0.15) is 200 Å². The average molecular weight is 768 g/mol. The number of hydrogen-bond acceptors (Lipinski definition) is 8. The minimum atomic E-state index is -1.56. The zero-order valence-electron chi connectivity index (χ0n) is 34.7. The van der Waals surface area contributed by atoms with Crippen molar-refractivity contribution >= 4 is 5.91 Å². The van der Waals surface area contributed by atoms with E-state index < -0.39 is 49.5 Å².